The molecule has 5 atom stereocenters. The topological polar surface area (TPSA) is 123 Å². The van der Waals surface area contributed by atoms with E-state index in [2.05, 4.69) is 0 Å². The number of nitrogens with zero attached hydrogens (tertiary/aromatic N) is 1. The van der Waals surface area contributed by atoms with Crippen LogP contribution in [0.5, 0.6) is 11.5 Å². The minimum Gasteiger partial charge on any atom is -0.496 e. The number of methoxy groups -OCH3 is 1. The number of benzene rings is 3. The van der Waals surface area contributed by atoms with E-state index in [0.29, 0.717) is 28.5 Å². The van der Waals surface area contributed by atoms with Crippen molar-refractivity contribution >= 4 is 18.2 Å². The molecule has 3 aromatic rings. The molecule has 9 nitrogen and oxygen atoms in total. The normalized spacial score (nSPS) is 26.3. The van der Waals surface area contributed by atoms with E-state index in [1.165, 1.54) is 18.9 Å². The summed E-state index contributed by atoms with van der Waals surface area (Å²) in [4.78, 5) is 39.5. The molecule has 0 aromatic heterocycles. The maximum atomic E-state index is 14.0. The Bertz CT molecular complexity index is 1450. The van der Waals surface area contributed by atoms with Gasteiger partial charge in [-0.3, -0.25) is 14.4 Å². The number of fused-ring (bicyclic) bond motifs is 3. The van der Waals surface area contributed by atoms with Crippen LogP contribution in [0.15, 0.2) is 66.7 Å². The van der Waals surface area contributed by atoms with Crippen molar-refractivity contribution in [2.24, 2.45) is 5.92 Å². The Morgan fingerprint density at radius 3 is 2.30 bits per heavy atom. The highest BCUT2D eigenvalue weighted by molar-refractivity contribution is 5.84. The lowest BCUT2D eigenvalue weighted by atomic mass is 9.70. The third-order valence-corrected chi connectivity index (χ3v) is 7.93. The van der Waals surface area contributed by atoms with Crippen molar-refractivity contribution in [1.29, 1.82) is 0 Å². The van der Waals surface area contributed by atoms with Gasteiger partial charge in [0.15, 0.2) is 17.3 Å². The van der Waals surface area contributed by atoms with E-state index in [9.17, 15) is 24.6 Å². The van der Waals surface area contributed by atoms with Gasteiger partial charge in [0, 0.05) is 32.5 Å². The summed E-state index contributed by atoms with van der Waals surface area (Å²) in [6.45, 7) is 0.906. The van der Waals surface area contributed by atoms with Gasteiger partial charge in [-0.15, -0.1) is 0 Å². The molecular weight excluding hydrogens is 514 g/mol. The van der Waals surface area contributed by atoms with Crippen molar-refractivity contribution in [1.82, 2.24) is 4.90 Å². The zero-order valence-electron chi connectivity index (χ0n) is 22.7. The van der Waals surface area contributed by atoms with Crippen molar-refractivity contribution in [3.63, 3.8) is 0 Å². The monoisotopic (exact) mass is 545 g/mol. The van der Waals surface area contributed by atoms with Gasteiger partial charge in [-0.1, -0.05) is 54.6 Å². The third kappa shape index (κ3) is 3.80. The summed E-state index contributed by atoms with van der Waals surface area (Å²) in [5.41, 5.74) is -1.62. The predicted molar refractivity (Wildman–Crippen MR) is 144 cm³/mol. The minimum absolute atomic E-state index is 0.202. The molecule has 1 amide bonds. The zero-order chi connectivity index (χ0) is 28.8. The van der Waals surface area contributed by atoms with Crippen molar-refractivity contribution in [2.45, 2.75) is 36.8 Å². The molecule has 0 saturated heterocycles. The highest BCUT2D eigenvalue weighted by atomic mass is 16.6. The summed E-state index contributed by atoms with van der Waals surface area (Å²) in [7, 11) is 4.62. The number of ether oxygens (including phenoxy) is 3. The van der Waals surface area contributed by atoms with Gasteiger partial charge in [-0.05, 0) is 28.8 Å². The summed E-state index contributed by atoms with van der Waals surface area (Å²) < 4.78 is 18.4. The molecule has 0 unspecified atom stereocenters. The van der Waals surface area contributed by atoms with Gasteiger partial charge in [0.1, 0.15) is 17.8 Å². The standard InChI is InChI=1S/C31H31NO8/c1-18(35)39-28-25(29(36)32(2)3)26(21-8-6-5-7-9-21)31(22-12-10-19(16-33)11-13-22)30(28,37)27-23(38-4)14-20(17-34)15-24(27)40-31/h5-16,25-26,28,34,37H,17H2,1-4H3/t25-,26-,28-,30+,31+/m1/s1. The maximum Gasteiger partial charge on any atom is 0.303 e. The smallest absolute Gasteiger partial charge is 0.303 e. The molecule has 3 aromatic carbocycles. The van der Waals surface area contributed by atoms with Gasteiger partial charge in [-0.2, -0.15) is 0 Å². The predicted octanol–water partition coefficient (Wildman–Crippen LogP) is 2.91. The van der Waals surface area contributed by atoms with Gasteiger partial charge in [0.2, 0.25) is 5.91 Å². The first-order valence-electron chi connectivity index (χ1n) is 12.9. The Kier molecular flexibility index (Phi) is 6.89. The molecule has 1 aliphatic carbocycles. The third-order valence-electron chi connectivity index (χ3n) is 7.93. The van der Waals surface area contributed by atoms with Crippen LogP contribution in [0, 0.1) is 5.92 Å². The van der Waals surface area contributed by atoms with E-state index < -0.39 is 35.1 Å². The van der Waals surface area contributed by atoms with Crippen LogP contribution in [0.1, 0.15) is 45.5 Å². The average Bonchev–Trinajstić information content (AvgIpc) is 3.34. The van der Waals surface area contributed by atoms with Crippen molar-refractivity contribution in [3.05, 3.63) is 94.5 Å². The summed E-state index contributed by atoms with van der Waals surface area (Å²) in [6, 6.07) is 18.9. The Balaban J connectivity index is 1.94. The number of aliphatic hydroxyl groups is 2. The quantitative estimate of drug-likeness (QED) is 0.343. The second-order valence-electron chi connectivity index (χ2n) is 10.4. The lowest BCUT2D eigenvalue weighted by Gasteiger charge is -2.41. The van der Waals surface area contributed by atoms with Crippen molar-refractivity contribution < 1.29 is 38.8 Å². The molecule has 40 heavy (non-hydrogen) atoms. The second-order valence-corrected chi connectivity index (χ2v) is 10.4. The molecule has 0 spiro atoms. The van der Waals surface area contributed by atoms with Crippen LogP contribution in [0.4, 0.5) is 0 Å². The van der Waals surface area contributed by atoms with Crippen LogP contribution in [0.25, 0.3) is 0 Å². The van der Waals surface area contributed by atoms with Crippen LogP contribution >= 0.6 is 0 Å². The fourth-order valence-electron chi connectivity index (χ4n) is 6.41. The molecule has 9 heteroatoms. The van der Waals surface area contributed by atoms with E-state index >= 15 is 0 Å². The van der Waals surface area contributed by atoms with Gasteiger partial charge in [0.05, 0.1) is 25.2 Å². The van der Waals surface area contributed by atoms with E-state index in [4.69, 9.17) is 14.2 Å². The first kappa shape index (κ1) is 27.4. The van der Waals surface area contributed by atoms with Gasteiger partial charge in [0.25, 0.3) is 0 Å². The van der Waals surface area contributed by atoms with Crippen LogP contribution < -0.4 is 9.47 Å². The Hall–Kier alpha value is -4.21. The fourth-order valence-corrected chi connectivity index (χ4v) is 6.41. The number of aldehydes is 1. The van der Waals surface area contributed by atoms with E-state index in [1.54, 1.807) is 50.5 Å². The van der Waals surface area contributed by atoms with Crippen LogP contribution in [0.2, 0.25) is 0 Å². The summed E-state index contributed by atoms with van der Waals surface area (Å²) in [6.07, 6.45) is -0.691. The number of carbonyl (C=O) groups excluding carboxylic acids is 3. The SMILES string of the molecule is COc1cc(CO)cc2c1[C@]1(O)[C@H](OC(C)=O)[C@H](C(=O)N(C)C)[C@@H](c3ccccc3)[C@]1(c1ccc(C=O)cc1)O2. The van der Waals surface area contributed by atoms with Crippen LogP contribution in [-0.4, -0.2) is 60.6 Å². The summed E-state index contributed by atoms with van der Waals surface area (Å²) in [5, 5.41) is 23.1. The Labute approximate surface area is 231 Å². The lowest BCUT2D eigenvalue weighted by Crippen LogP contribution is -2.53. The van der Waals surface area contributed by atoms with Gasteiger partial charge in [-0.25, -0.2) is 0 Å². The number of aliphatic hydroxyl groups excluding tert-OH is 1. The van der Waals surface area contributed by atoms with E-state index in [-0.39, 0.29) is 29.6 Å². The highest BCUT2D eigenvalue weighted by Crippen LogP contribution is 2.70. The maximum absolute atomic E-state index is 14.0. The summed E-state index contributed by atoms with van der Waals surface area (Å²) in [5.74, 6) is -2.57. The summed E-state index contributed by atoms with van der Waals surface area (Å²) >= 11 is 0. The molecule has 0 radical (unpaired) electrons. The van der Waals surface area contributed by atoms with Crippen LogP contribution in [0.3, 0.4) is 0 Å². The number of carbonyl (C=O) groups is 3. The highest BCUT2D eigenvalue weighted by Gasteiger charge is 2.79. The Morgan fingerprint density at radius 1 is 1.07 bits per heavy atom. The van der Waals surface area contributed by atoms with E-state index in [1.807, 2.05) is 30.3 Å². The molecule has 0 bridgehead atoms. The molecule has 208 valence electrons. The van der Waals surface area contributed by atoms with Gasteiger partial charge < -0.3 is 29.3 Å². The number of rotatable bonds is 7. The first-order chi connectivity index (χ1) is 19.1. The zero-order valence-corrected chi connectivity index (χ0v) is 22.7. The largest absolute Gasteiger partial charge is 0.496 e. The first-order valence-corrected chi connectivity index (χ1v) is 12.9. The molecule has 1 saturated carbocycles. The number of amides is 1. The molecule has 1 fully saturated rings. The molecule has 2 aliphatic rings. The molecule has 1 heterocycles. The molecule has 2 N–H and O–H groups in total. The average molecular weight is 546 g/mol. The fraction of sp³-hybridized carbons (Fsp3) is 0.323. The van der Waals surface area contributed by atoms with Crippen molar-refractivity contribution in [2.75, 3.05) is 21.2 Å². The number of hydrogen-bond acceptors (Lipinski definition) is 8. The molecule has 1 aliphatic heterocycles. The van der Waals surface area contributed by atoms with E-state index in [0.717, 1.165) is 0 Å². The second kappa shape index (κ2) is 10.1. The molecular formula is C31H31NO8. The lowest BCUT2D eigenvalue weighted by molar-refractivity contribution is -0.184. The van der Waals surface area contributed by atoms with Crippen LogP contribution in [-0.2, 0) is 32.1 Å². The minimum atomic E-state index is -2.13. The number of hydrogen-bond donors (Lipinski definition) is 2. The molecule has 5 rings (SSSR count). The van der Waals surface area contributed by atoms with Gasteiger partial charge >= 0.3 is 5.97 Å². The number of esters is 1. The Morgan fingerprint density at radius 2 is 1.75 bits per heavy atom. The van der Waals surface area contributed by atoms with Crippen molar-refractivity contribution in [3.8, 4) is 11.5 Å².